The molecule has 0 atom stereocenters. The summed E-state index contributed by atoms with van der Waals surface area (Å²) in [5, 5.41) is 14.2. The van der Waals surface area contributed by atoms with E-state index in [1.807, 2.05) is 42.6 Å². The van der Waals surface area contributed by atoms with E-state index in [-0.39, 0.29) is 0 Å². The van der Waals surface area contributed by atoms with E-state index in [0.717, 1.165) is 22.0 Å². The molecule has 1 aromatic heterocycles. The van der Waals surface area contributed by atoms with Crippen molar-refractivity contribution in [3.63, 3.8) is 0 Å². The molecule has 0 unspecified atom stereocenters. The van der Waals surface area contributed by atoms with Crippen LogP contribution in [0.5, 0.6) is 0 Å². The minimum absolute atomic E-state index is 0.417. The fourth-order valence-electron chi connectivity index (χ4n) is 2.30. The van der Waals surface area contributed by atoms with E-state index in [4.69, 9.17) is 5.21 Å². The lowest BCUT2D eigenvalue weighted by Gasteiger charge is -2.10. The molecule has 0 fully saturated rings. The molecule has 22 heavy (non-hydrogen) atoms. The molecular formula is C17H15N3O2. The summed E-state index contributed by atoms with van der Waals surface area (Å²) in [6, 6.07) is 15.1. The molecule has 0 saturated heterocycles. The molecule has 0 bridgehead atoms. The minimum Gasteiger partial charge on any atom is -0.380 e. The summed E-state index contributed by atoms with van der Waals surface area (Å²) in [5.41, 5.74) is 4.09. The maximum absolute atomic E-state index is 11.3. The van der Waals surface area contributed by atoms with Crippen LogP contribution in [0.2, 0.25) is 0 Å². The topological polar surface area (TPSA) is 74.2 Å². The van der Waals surface area contributed by atoms with Gasteiger partial charge in [0.25, 0.3) is 5.91 Å². The molecule has 5 heteroatoms. The van der Waals surface area contributed by atoms with Gasteiger partial charge in [0.05, 0.1) is 0 Å². The molecule has 0 spiro atoms. The number of carbonyl (C=O) groups is 1. The van der Waals surface area contributed by atoms with E-state index >= 15 is 0 Å². The molecule has 3 N–H and O–H groups in total. The van der Waals surface area contributed by atoms with E-state index in [1.54, 1.807) is 23.8 Å². The Morgan fingerprint density at radius 3 is 2.68 bits per heavy atom. The molecule has 0 aliphatic rings. The average Bonchev–Trinajstić information content (AvgIpc) is 2.59. The first-order valence-corrected chi connectivity index (χ1v) is 6.88. The van der Waals surface area contributed by atoms with Crippen molar-refractivity contribution in [2.45, 2.75) is 6.54 Å². The summed E-state index contributed by atoms with van der Waals surface area (Å²) in [6.07, 6.45) is 3.61. The zero-order chi connectivity index (χ0) is 15.4. The molecule has 5 nitrogen and oxygen atoms in total. The number of carbonyl (C=O) groups excluding carboxylic acids is 1. The Bertz CT molecular complexity index is 795. The first-order chi connectivity index (χ1) is 10.8. The van der Waals surface area contributed by atoms with E-state index in [9.17, 15) is 4.79 Å². The standard InChI is InChI=1S/C17H15N3O2/c21-17(20-22)14-6-4-12(5-7-14)10-19-16-3-1-2-13-8-9-18-11-15(13)16/h1-9,11,19,22H,10H2,(H,20,21). The number of hydroxylamine groups is 1. The number of nitrogens with one attached hydrogen (secondary N) is 2. The van der Waals surface area contributed by atoms with Crippen LogP contribution in [0.3, 0.4) is 0 Å². The maximum Gasteiger partial charge on any atom is 0.274 e. The van der Waals surface area contributed by atoms with Gasteiger partial charge in [-0.15, -0.1) is 0 Å². The van der Waals surface area contributed by atoms with Crippen LogP contribution in [-0.2, 0) is 6.54 Å². The monoisotopic (exact) mass is 293 g/mol. The van der Waals surface area contributed by atoms with Gasteiger partial charge in [-0.2, -0.15) is 0 Å². The van der Waals surface area contributed by atoms with E-state index in [0.29, 0.717) is 12.1 Å². The van der Waals surface area contributed by atoms with Crippen molar-refractivity contribution < 1.29 is 10.0 Å². The van der Waals surface area contributed by atoms with Crippen LogP contribution in [0, 0.1) is 0 Å². The Hall–Kier alpha value is -2.92. The molecule has 0 aliphatic heterocycles. The summed E-state index contributed by atoms with van der Waals surface area (Å²) >= 11 is 0. The summed E-state index contributed by atoms with van der Waals surface area (Å²) in [5.74, 6) is -0.514. The maximum atomic E-state index is 11.3. The second kappa shape index (κ2) is 6.24. The van der Waals surface area contributed by atoms with Crippen molar-refractivity contribution in [3.8, 4) is 0 Å². The SMILES string of the molecule is O=C(NO)c1ccc(CNc2cccc3ccncc23)cc1. The molecule has 3 aromatic rings. The molecule has 3 rings (SSSR count). The fraction of sp³-hybridized carbons (Fsp3) is 0.0588. The molecule has 0 aliphatic carbocycles. The lowest BCUT2D eigenvalue weighted by Crippen LogP contribution is -2.18. The van der Waals surface area contributed by atoms with Crippen molar-refractivity contribution in [2.24, 2.45) is 0 Å². The van der Waals surface area contributed by atoms with Crippen LogP contribution in [-0.4, -0.2) is 16.1 Å². The van der Waals surface area contributed by atoms with E-state index in [2.05, 4.69) is 10.3 Å². The first-order valence-electron chi connectivity index (χ1n) is 6.88. The van der Waals surface area contributed by atoms with Crippen LogP contribution in [0.1, 0.15) is 15.9 Å². The van der Waals surface area contributed by atoms with E-state index < -0.39 is 5.91 Å². The lowest BCUT2D eigenvalue weighted by atomic mass is 10.1. The molecular weight excluding hydrogens is 278 g/mol. The molecule has 0 radical (unpaired) electrons. The highest BCUT2D eigenvalue weighted by Crippen LogP contribution is 2.22. The van der Waals surface area contributed by atoms with E-state index in [1.165, 1.54) is 0 Å². The Labute approximate surface area is 127 Å². The molecule has 1 heterocycles. The highest BCUT2D eigenvalue weighted by Gasteiger charge is 2.04. The second-order valence-electron chi connectivity index (χ2n) is 4.89. The number of hydrogen-bond donors (Lipinski definition) is 3. The van der Waals surface area contributed by atoms with Crippen molar-refractivity contribution in [1.29, 1.82) is 0 Å². The van der Waals surface area contributed by atoms with Gasteiger partial charge in [0.1, 0.15) is 0 Å². The van der Waals surface area contributed by atoms with Crippen LogP contribution < -0.4 is 10.8 Å². The molecule has 2 aromatic carbocycles. The van der Waals surface area contributed by atoms with Gasteiger partial charge in [-0.3, -0.25) is 15.0 Å². The van der Waals surface area contributed by atoms with Crippen LogP contribution >= 0.6 is 0 Å². The van der Waals surface area contributed by atoms with Gasteiger partial charge in [0, 0.05) is 35.6 Å². The highest BCUT2D eigenvalue weighted by molar-refractivity contribution is 5.94. The normalized spacial score (nSPS) is 10.4. The zero-order valence-corrected chi connectivity index (χ0v) is 11.8. The largest absolute Gasteiger partial charge is 0.380 e. The molecule has 0 saturated carbocycles. The Kier molecular flexibility index (Phi) is 3.98. The van der Waals surface area contributed by atoms with Crippen LogP contribution in [0.4, 0.5) is 5.69 Å². The van der Waals surface area contributed by atoms with Crippen molar-refractivity contribution >= 4 is 22.4 Å². The Balaban J connectivity index is 1.75. The number of fused-ring (bicyclic) bond motifs is 1. The van der Waals surface area contributed by atoms with Gasteiger partial charge in [0.2, 0.25) is 0 Å². The van der Waals surface area contributed by atoms with Gasteiger partial charge in [-0.1, -0.05) is 24.3 Å². The summed E-state index contributed by atoms with van der Waals surface area (Å²) in [4.78, 5) is 15.4. The van der Waals surface area contributed by atoms with Gasteiger partial charge >= 0.3 is 0 Å². The number of nitrogens with zero attached hydrogens (tertiary/aromatic N) is 1. The number of anilines is 1. The number of benzene rings is 2. The number of rotatable bonds is 4. The third-order valence-electron chi connectivity index (χ3n) is 3.48. The van der Waals surface area contributed by atoms with Crippen molar-refractivity contribution in [2.75, 3.05) is 5.32 Å². The molecule has 110 valence electrons. The van der Waals surface area contributed by atoms with Crippen molar-refractivity contribution in [3.05, 3.63) is 72.1 Å². The summed E-state index contributed by atoms with van der Waals surface area (Å²) < 4.78 is 0. The van der Waals surface area contributed by atoms with Gasteiger partial charge < -0.3 is 5.32 Å². The number of pyridine rings is 1. The van der Waals surface area contributed by atoms with Crippen LogP contribution in [0.25, 0.3) is 10.8 Å². The average molecular weight is 293 g/mol. The zero-order valence-electron chi connectivity index (χ0n) is 11.8. The predicted molar refractivity (Wildman–Crippen MR) is 84.8 cm³/mol. The third kappa shape index (κ3) is 2.89. The van der Waals surface area contributed by atoms with Gasteiger partial charge in [0.15, 0.2) is 0 Å². The summed E-state index contributed by atoms with van der Waals surface area (Å²) in [7, 11) is 0. The van der Waals surface area contributed by atoms with Crippen LogP contribution in [0.15, 0.2) is 60.9 Å². The third-order valence-corrected chi connectivity index (χ3v) is 3.48. The highest BCUT2D eigenvalue weighted by atomic mass is 16.5. The first kappa shape index (κ1) is 14.0. The Morgan fingerprint density at radius 2 is 1.91 bits per heavy atom. The second-order valence-corrected chi connectivity index (χ2v) is 4.89. The lowest BCUT2D eigenvalue weighted by molar-refractivity contribution is 0.0706. The van der Waals surface area contributed by atoms with Gasteiger partial charge in [-0.05, 0) is 35.2 Å². The number of amides is 1. The van der Waals surface area contributed by atoms with Crippen molar-refractivity contribution in [1.82, 2.24) is 10.5 Å². The number of hydrogen-bond acceptors (Lipinski definition) is 4. The molecule has 1 amide bonds. The smallest absolute Gasteiger partial charge is 0.274 e. The number of aromatic nitrogens is 1. The fourth-order valence-corrected chi connectivity index (χ4v) is 2.30. The quantitative estimate of drug-likeness (QED) is 0.511. The predicted octanol–water partition coefficient (Wildman–Crippen LogP) is 2.97. The van der Waals surface area contributed by atoms with Gasteiger partial charge in [-0.25, -0.2) is 5.48 Å². The minimum atomic E-state index is -0.514. The Morgan fingerprint density at radius 1 is 1.09 bits per heavy atom. The summed E-state index contributed by atoms with van der Waals surface area (Å²) in [6.45, 7) is 0.634.